The van der Waals surface area contributed by atoms with Crippen molar-refractivity contribution in [2.45, 2.75) is 25.7 Å². The van der Waals surface area contributed by atoms with Gasteiger partial charge < -0.3 is 29.6 Å². The highest BCUT2D eigenvalue weighted by molar-refractivity contribution is 5.81. The molecule has 1 aliphatic heterocycles. The van der Waals surface area contributed by atoms with E-state index in [1.807, 2.05) is 0 Å². The van der Waals surface area contributed by atoms with Crippen LogP contribution in [0.25, 0.3) is 0 Å². The molecule has 0 spiro atoms. The summed E-state index contributed by atoms with van der Waals surface area (Å²) in [6, 6.07) is 0. The summed E-state index contributed by atoms with van der Waals surface area (Å²) in [5, 5.41) is 5.24. The predicted molar refractivity (Wildman–Crippen MR) is 88.0 cm³/mol. The second kappa shape index (κ2) is 14.0. The van der Waals surface area contributed by atoms with Gasteiger partial charge in [-0.3, -0.25) is 19.2 Å². The molecule has 1 saturated heterocycles. The van der Waals surface area contributed by atoms with Crippen LogP contribution in [-0.4, -0.2) is 76.5 Å². The van der Waals surface area contributed by atoms with E-state index in [1.54, 1.807) is 0 Å². The fourth-order valence-electron chi connectivity index (χ4n) is 1.91. The molecule has 2 N–H and O–H groups in total. The summed E-state index contributed by atoms with van der Waals surface area (Å²) < 4.78 is 20.2. The van der Waals surface area contributed by atoms with Gasteiger partial charge in [0, 0.05) is 25.9 Å². The zero-order valence-electron chi connectivity index (χ0n) is 14.8. The van der Waals surface area contributed by atoms with Crippen molar-refractivity contribution in [2.24, 2.45) is 0 Å². The molecule has 1 rings (SSSR count). The summed E-state index contributed by atoms with van der Waals surface area (Å²) in [5.41, 5.74) is 0. The van der Waals surface area contributed by atoms with Crippen molar-refractivity contribution in [3.8, 4) is 0 Å². The third-order valence-electron chi connectivity index (χ3n) is 3.23. The number of cyclic esters (lactones) is 2. The van der Waals surface area contributed by atoms with Gasteiger partial charge in [-0.2, -0.15) is 0 Å². The maximum Gasteiger partial charge on any atom is 0.306 e. The Hall–Kier alpha value is -2.20. The summed E-state index contributed by atoms with van der Waals surface area (Å²) in [5.74, 6) is -1.49. The smallest absolute Gasteiger partial charge is 0.306 e. The minimum absolute atomic E-state index is 0.0175. The van der Waals surface area contributed by atoms with Gasteiger partial charge >= 0.3 is 11.9 Å². The Kier molecular flexibility index (Phi) is 11.8. The first-order valence-electron chi connectivity index (χ1n) is 8.58. The van der Waals surface area contributed by atoms with Crippen LogP contribution in [0.15, 0.2) is 0 Å². The van der Waals surface area contributed by atoms with E-state index in [1.165, 1.54) is 0 Å². The highest BCUT2D eigenvalue weighted by Gasteiger charge is 2.09. The first-order valence-corrected chi connectivity index (χ1v) is 8.58. The third kappa shape index (κ3) is 12.2. The number of rotatable bonds is 0. The first-order chi connectivity index (χ1) is 12.6. The molecular formula is C16H26N2O8. The fourth-order valence-corrected chi connectivity index (χ4v) is 1.91. The summed E-state index contributed by atoms with van der Waals surface area (Å²) in [4.78, 5) is 46.0. The molecule has 26 heavy (non-hydrogen) atoms. The molecule has 0 aromatic carbocycles. The van der Waals surface area contributed by atoms with E-state index >= 15 is 0 Å². The lowest BCUT2D eigenvalue weighted by Crippen LogP contribution is -2.30. The van der Waals surface area contributed by atoms with Crippen LogP contribution in [-0.2, 0) is 38.1 Å². The van der Waals surface area contributed by atoms with Crippen molar-refractivity contribution in [1.29, 1.82) is 0 Å². The van der Waals surface area contributed by atoms with Gasteiger partial charge in [-0.05, 0) is 0 Å². The van der Waals surface area contributed by atoms with E-state index < -0.39 is 11.9 Å². The minimum atomic E-state index is -0.482. The lowest BCUT2D eigenvalue weighted by Gasteiger charge is -2.09. The Labute approximate surface area is 151 Å². The molecule has 2 amide bonds. The van der Waals surface area contributed by atoms with Gasteiger partial charge in [0.2, 0.25) is 11.8 Å². The number of carbonyl (C=O) groups excluding carboxylic acids is 4. The maximum absolute atomic E-state index is 11.5. The van der Waals surface area contributed by atoms with Gasteiger partial charge in [0.1, 0.15) is 13.2 Å². The maximum atomic E-state index is 11.5. The van der Waals surface area contributed by atoms with Crippen molar-refractivity contribution in [3.63, 3.8) is 0 Å². The fraction of sp³-hybridized carbons (Fsp3) is 0.750. The number of amides is 2. The lowest BCUT2D eigenvalue weighted by molar-refractivity contribution is -0.148. The molecule has 148 valence electrons. The van der Waals surface area contributed by atoms with Crippen LogP contribution in [0.2, 0.25) is 0 Å². The SMILES string of the molecule is O=C1CCC(=O)OCCOCCOC(=O)CCC(=O)NCCOCCN1. The van der Waals surface area contributed by atoms with Gasteiger partial charge in [-0.15, -0.1) is 0 Å². The zero-order chi connectivity index (χ0) is 19.0. The van der Waals surface area contributed by atoms with Crippen molar-refractivity contribution in [1.82, 2.24) is 10.6 Å². The summed E-state index contributed by atoms with van der Waals surface area (Å²) >= 11 is 0. The molecule has 0 atom stereocenters. The lowest BCUT2D eigenvalue weighted by atomic mass is 10.3. The van der Waals surface area contributed by atoms with Crippen LogP contribution in [0, 0.1) is 0 Å². The van der Waals surface area contributed by atoms with Gasteiger partial charge in [0.15, 0.2) is 0 Å². The van der Waals surface area contributed by atoms with Crippen LogP contribution in [0.3, 0.4) is 0 Å². The van der Waals surface area contributed by atoms with E-state index in [9.17, 15) is 19.2 Å². The highest BCUT2D eigenvalue weighted by atomic mass is 16.6. The van der Waals surface area contributed by atoms with Crippen molar-refractivity contribution < 1.29 is 38.1 Å². The van der Waals surface area contributed by atoms with Gasteiger partial charge in [-0.1, -0.05) is 0 Å². The quantitative estimate of drug-likeness (QED) is 0.512. The molecule has 0 unspecified atom stereocenters. The predicted octanol–water partition coefficient (Wildman–Crippen LogP) is -1.09. The standard InChI is InChI=1S/C16H26N2O8/c19-13-1-3-15(21)25-11-9-24-10-12-26-16(22)4-2-14(20)18-6-8-23-7-5-17-13/h1-12H2,(H,17,19)(H,18,20). The van der Waals surface area contributed by atoms with Crippen LogP contribution >= 0.6 is 0 Å². The largest absolute Gasteiger partial charge is 0.463 e. The summed E-state index contributed by atoms with van der Waals surface area (Å²) in [6.45, 7) is 1.63. The molecule has 0 aromatic heterocycles. The van der Waals surface area contributed by atoms with Gasteiger partial charge in [0.25, 0.3) is 0 Å². The number of ether oxygens (including phenoxy) is 4. The summed E-state index contributed by atoms with van der Waals surface area (Å²) in [7, 11) is 0. The van der Waals surface area contributed by atoms with E-state index in [2.05, 4.69) is 10.6 Å². The van der Waals surface area contributed by atoms with E-state index in [0.717, 1.165) is 0 Å². The summed E-state index contributed by atoms with van der Waals surface area (Å²) in [6.07, 6.45) is 0.0318. The number of nitrogens with one attached hydrogen (secondary N) is 2. The molecule has 1 heterocycles. The number of carbonyl (C=O) groups is 4. The average Bonchev–Trinajstić information content (AvgIpc) is 2.62. The molecule has 0 bridgehead atoms. The Bertz CT molecular complexity index is 387. The molecular weight excluding hydrogens is 348 g/mol. The second-order valence-electron chi connectivity index (χ2n) is 5.37. The monoisotopic (exact) mass is 374 g/mol. The normalized spacial score (nSPS) is 21.2. The molecule has 1 aliphatic rings. The first kappa shape index (κ1) is 21.8. The van der Waals surface area contributed by atoms with E-state index in [-0.39, 0.29) is 77.1 Å². The van der Waals surface area contributed by atoms with Crippen LogP contribution in [0.5, 0.6) is 0 Å². The molecule has 10 nitrogen and oxygen atoms in total. The molecule has 0 radical (unpaired) electrons. The van der Waals surface area contributed by atoms with Gasteiger partial charge in [-0.25, -0.2) is 0 Å². The third-order valence-corrected chi connectivity index (χ3v) is 3.23. The molecule has 0 aromatic rings. The number of esters is 2. The molecule has 0 aliphatic carbocycles. The molecule has 1 fully saturated rings. The van der Waals surface area contributed by atoms with E-state index in [0.29, 0.717) is 13.1 Å². The average molecular weight is 374 g/mol. The Morgan fingerprint density at radius 2 is 0.962 bits per heavy atom. The highest BCUT2D eigenvalue weighted by Crippen LogP contribution is 1.95. The second-order valence-corrected chi connectivity index (χ2v) is 5.37. The van der Waals surface area contributed by atoms with E-state index in [4.69, 9.17) is 18.9 Å². The van der Waals surface area contributed by atoms with Crippen LogP contribution in [0.1, 0.15) is 25.7 Å². The van der Waals surface area contributed by atoms with Crippen LogP contribution < -0.4 is 10.6 Å². The van der Waals surface area contributed by atoms with Crippen LogP contribution in [0.4, 0.5) is 0 Å². The topological polar surface area (TPSA) is 129 Å². The zero-order valence-corrected chi connectivity index (χ0v) is 14.8. The Balaban J connectivity index is 2.32. The van der Waals surface area contributed by atoms with Crippen molar-refractivity contribution in [3.05, 3.63) is 0 Å². The molecule has 10 heteroatoms. The Morgan fingerprint density at radius 3 is 1.42 bits per heavy atom. The number of hydrogen-bond acceptors (Lipinski definition) is 8. The molecule has 0 saturated carbocycles. The Morgan fingerprint density at radius 1 is 0.538 bits per heavy atom. The van der Waals surface area contributed by atoms with Crippen molar-refractivity contribution in [2.75, 3.05) is 52.7 Å². The van der Waals surface area contributed by atoms with Crippen molar-refractivity contribution >= 4 is 23.8 Å². The van der Waals surface area contributed by atoms with Gasteiger partial charge in [0.05, 0.1) is 39.3 Å². The number of hydrogen-bond donors (Lipinski definition) is 2. The minimum Gasteiger partial charge on any atom is -0.463 e.